The number of nitrogens with zero attached hydrogens (tertiary/aromatic N) is 2. The highest BCUT2D eigenvalue weighted by Crippen LogP contribution is 2.61. The molecule has 2 aliphatic heterocycles. The van der Waals surface area contributed by atoms with Crippen molar-refractivity contribution in [1.29, 1.82) is 0 Å². The summed E-state index contributed by atoms with van der Waals surface area (Å²) in [5, 5.41) is 2.48. The van der Waals surface area contributed by atoms with Crippen molar-refractivity contribution >= 4 is 46.3 Å². The maximum Gasteiger partial charge on any atom is 0.294 e. The van der Waals surface area contributed by atoms with Crippen LogP contribution in [0.25, 0.3) is 6.08 Å². The zero-order valence-corrected chi connectivity index (χ0v) is 25.5. The van der Waals surface area contributed by atoms with Gasteiger partial charge in [0, 0.05) is 18.7 Å². The molecule has 6 aliphatic rings. The fourth-order valence-electron chi connectivity index (χ4n) is 8.51. The molecule has 0 radical (unpaired) electrons. The Labute approximate surface area is 257 Å². The van der Waals surface area contributed by atoms with E-state index in [2.05, 4.69) is 22.3 Å². The van der Waals surface area contributed by atoms with E-state index in [1.807, 2.05) is 37.3 Å². The van der Waals surface area contributed by atoms with E-state index in [0.29, 0.717) is 36.2 Å². The van der Waals surface area contributed by atoms with Crippen molar-refractivity contribution in [2.24, 2.45) is 17.8 Å². The summed E-state index contributed by atoms with van der Waals surface area (Å²) in [5.74, 6) is 2.32. The van der Waals surface area contributed by atoms with E-state index in [1.165, 1.54) is 44.1 Å². The number of amides is 3. The number of carbonyl (C=O) groups excluding carboxylic acids is 3. The quantitative estimate of drug-likeness (QED) is 0.368. The van der Waals surface area contributed by atoms with Crippen LogP contribution < -0.4 is 15.0 Å². The average Bonchev–Trinajstić information content (AvgIpc) is 3.25. The molecule has 6 fully saturated rings. The summed E-state index contributed by atoms with van der Waals surface area (Å²) < 4.78 is 11.4. The van der Waals surface area contributed by atoms with Gasteiger partial charge in [-0.15, -0.1) is 0 Å². The van der Waals surface area contributed by atoms with Gasteiger partial charge in [0.1, 0.15) is 12.3 Å². The van der Waals surface area contributed by atoms with Crippen LogP contribution in [-0.4, -0.2) is 61.4 Å². The molecule has 0 spiro atoms. The topological polar surface area (TPSA) is 88.2 Å². The molecule has 0 unspecified atom stereocenters. The number of nitrogens with one attached hydrogen (secondary N) is 1. The Hall–Kier alpha value is -3.30. The molecular weight excluding hydrogens is 562 g/mol. The Morgan fingerprint density at radius 1 is 1.05 bits per heavy atom. The van der Waals surface area contributed by atoms with Gasteiger partial charge in [-0.2, -0.15) is 0 Å². The van der Waals surface area contributed by atoms with E-state index < -0.39 is 17.1 Å². The van der Waals surface area contributed by atoms with Gasteiger partial charge in [0.15, 0.2) is 0 Å². The zero-order chi connectivity index (χ0) is 29.6. The molecule has 2 saturated heterocycles. The number of rotatable bonds is 8. The summed E-state index contributed by atoms with van der Waals surface area (Å²) in [4.78, 5) is 43.1. The van der Waals surface area contributed by atoms with Gasteiger partial charge in [-0.25, -0.2) is 0 Å². The maximum atomic E-state index is 13.5. The van der Waals surface area contributed by atoms with Crippen LogP contribution in [0.1, 0.15) is 56.6 Å². The lowest BCUT2D eigenvalue weighted by molar-refractivity contribution is -0.127. The summed E-state index contributed by atoms with van der Waals surface area (Å²) in [6.45, 7) is 4.82. The maximum absolute atomic E-state index is 13.5. The van der Waals surface area contributed by atoms with E-state index in [0.717, 1.165) is 58.8 Å². The van der Waals surface area contributed by atoms with Crippen LogP contribution in [0.3, 0.4) is 0 Å². The van der Waals surface area contributed by atoms with Gasteiger partial charge in [-0.05, 0) is 116 Å². The minimum absolute atomic E-state index is 0.205. The van der Waals surface area contributed by atoms with Crippen molar-refractivity contribution < 1.29 is 23.9 Å². The van der Waals surface area contributed by atoms with Crippen molar-refractivity contribution in [3.63, 3.8) is 0 Å². The molecule has 8 rings (SSSR count). The Morgan fingerprint density at radius 3 is 2.44 bits per heavy atom. The third-order valence-electron chi connectivity index (χ3n) is 9.95. The standard InChI is InChI=1S/C34H39N3O5S/c1-2-42-29-8-7-26(34-18-22-13-23(19-34)15-24(14-22)20-34)16-25(29)17-30-32(39)37(33(40)43-30)21-31(38)35-27-5-3-4-6-28(27)36-9-11-41-12-10-36/h3-8,16-17,22-24H,2,9-15,18-21H2,1H3,(H,35,38)/b30-17+. The highest BCUT2D eigenvalue weighted by molar-refractivity contribution is 8.18. The lowest BCUT2D eigenvalue weighted by atomic mass is 9.48. The number of imide groups is 1. The molecule has 4 bridgehead atoms. The average molecular weight is 602 g/mol. The third kappa shape index (κ3) is 5.57. The van der Waals surface area contributed by atoms with Crippen LogP contribution in [-0.2, 0) is 19.7 Å². The van der Waals surface area contributed by atoms with Gasteiger partial charge in [-0.1, -0.05) is 18.2 Å². The molecule has 226 valence electrons. The van der Waals surface area contributed by atoms with Gasteiger partial charge >= 0.3 is 0 Å². The summed E-state index contributed by atoms with van der Waals surface area (Å²) in [6, 6.07) is 14.0. The molecule has 2 aromatic rings. The number of hydrogen-bond acceptors (Lipinski definition) is 7. The van der Waals surface area contributed by atoms with E-state index >= 15 is 0 Å². The number of ether oxygens (including phenoxy) is 2. The zero-order valence-electron chi connectivity index (χ0n) is 24.7. The highest BCUT2D eigenvalue weighted by Gasteiger charge is 2.51. The van der Waals surface area contributed by atoms with Crippen molar-refractivity contribution in [3.05, 3.63) is 58.5 Å². The van der Waals surface area contributed by atoms with Crippen molar-refractivity contribution in [1.82, 2.24) is 4.90 Å². The SMILES string of the molecule is CCOc1ccc(C23CC4CC(CC(C4)C2)C3)cc1/C=C1/SC(=O)N(CC(=O)Nc2ccccc2N2CCOCC2)C1=O. The molecule has 0 aromatic heterocycles. The van der Waals surface area contributed by atoms with Gasteiger partial charge in [0.25, 0.3) is 11.1 Å². The van der Waals surface area contributed by atoms with Gasteiger partial charge in [-0.3, -0.25) is 19.3 Å². The predicted molar refractivity (Wildman–Crippen MR) is 168 cm³/mol. The van der Waals surface area contributed by atoms with Crippen molar-refractivity contribution in [3.8, 4) is 5.75 Å². The molecule has 1 N–H and O–H groups in total. The number of anilines is 2. The molecule has 0 atom stereocenters. The Bertz CT molecular complexity index is 1430. The molecule has 2 aromatic carbocycles. The summed E-state index contributed by atoms with van der Waals surface area (Å²) in [6.07, 6.45) is 9.64. The molecule has 9 heteroatoms. The van der Waals surface area contributed by atoms with Crippen LogP contribution in [0.2, 0.25) is 0 Å². The van der Waals surface area contributed by atoms with E-state index in [9.17, 15) is 14.4 Å². The predicted octanol–water partition coefficient (Wildman–Crippen LogP) is 6.06. The van der Waals surface area contributed by atoms with Crippen LogP contribution in [0.4, 0.5) is 16.2 Å². The molecule has 4 saturated carbocycles. The minimum atomic E-state index is -0.450. The summed E-state index contributed by atoms with van der Waals surface area (Å²) >= 11 is 0.884. The first-order chi connectivity index (χ1) is 20.9. The number of para-hydroxylation sites is 2. The molecule has 8 nitrogen and oxygen atoms in total. The summed E-state index contributed by atoms with van der Waals surface area (Å²) in [7, 11) is 0. The van der Waals surface area contributed by atoms with Crippen LogP contribution in [0, 0.1) is 17.8 Å². The molecule has 3 amide bonds. The van der Waals surface area contributed by atoms with E-state index in [4.69, 9.17) is 9.47 Å². The van der Waals surface area contributed by atoms with Gasteiger partial charge in [0.05, 0.1) is 36.1 Å². The van der Waals surface area contributed by atoms with Gasteiger partial charge < -0.3 is 19.7 Å². The van der Waals surface area contributed by atoms with Crippen LogP contribution in [0.15, 0.2) is 47.4 Å². The highest BCUT2D eigenvalue weighted by atomic mass is 32.2. The molecule has 4 aliphatic carbocycles. The number of morpholine rings is 1. The minimum Gasteiger partial charge on any atom is -0.493 e. The number of carbonyl (C=O) groups is 3. The fraction of sp³-hybridized carbons (Fsp3) is 0.500. The first-order valence-electron chi connectivity index (χ1n) is 15.6. The second-order valence-corrected chi connectivity index (χ2v) is 13.8. The van der Waals surface area contributed by atoms with E-state index in [1.54, 1.807) is 6.08 Å². The van der Waals surface area contributed by atoms with Crippen molar-refractivity contribution in [2.45, 2.75) is 50.9 Å². The van der Waals surface area contributed by atoms with Crippen LogP contribution in [0.5, 0.6) is 5.75 Å². The first-order valence-corrected chi connectivity index (χ1v) is 16.5. The lowest BCUT2D eigenvalue weighted by Crippen LogP contribution is -2.48. The van der Waals surface area contributed by atoms with E-state index in [-0.39, 0.29) is 12.0 Å². The lowest BCUT2D eigenvalue weighted by Gasteiger charge is -2.57. The van der Waals surface area contributed by atoms with Crippen LogP contribution >= 0.6 is 11.8 Å². The Balaban J connectivity index is 1.09. The monoisotopic (exact) mass is 601 g/mol. The molecule has 43 heavy (non-hydrogen) atoms. The normalized spacial score (nSPS) is 29.0. The third-order valence-corrected chi connectivity index (χ3v) is 10.9. The Morgan fingerprint density at radius 2 is 1.74 bits per heavy atom. The number of hydrogen-bond donors (Lipinski definition) is 1. The first kappa shape index (κ1) is 28.5. The largest absolute Gasteiger partial charge is 0.493 e. The van der Waals surface area contributed by atoms with Crippen molar-refractivity contribution in [2.75, 3.05) is 49.7 Å². The molecular formula is C34H39N3O5S. The Kier molecular flexibility index (Phi) is 7.72. The fourth-order valence-corrected chi connectivity index (χ4v) is 9.34. The second-order valence-electron chi connectivity index (χ2n) is 12.8. The second kappa shape index (κ2) is 11.7. The summed E-state index contributed by atoms with van der Waals surface area (Å²) in [5.41, 5.74) is 3.91. The molecule has 2 heterocycles. The smallest absolute Gasteiger partial charge is 0.294 e. The van der Waals surface area contributed by atoms with Gasteiger partial charge in [0.2, 0.25) is 5.91 Å². The number of thioether (sulfide) groups is 1. The number of benzene rings is 2.